The van der Waals surface area contributed by atoms with Gasteiger partial charge in [-0.1, -0.05) is 24.3 Å². The quantitative estimate of drug-likeness (QED) is 0.695. The van der Waals surface area contributed by atoms with Gasteiger partial charge < -0.3 is 10.1 Å². The topological polar surface area (TPSA) is 84.5 Å². The molecule has 0 heterocycles. The Morgan fingerprint density at radius 3 is 2.54 bits per heavy atom. The predicted molar refractivity (Wildman–Crippen MR) is 101 cm³/mol. The summed E-state index contributed by atoms with van der Waals surface area (Å²) in [5.74, 6) is 0.520. The van der Waals surface area contributed by atoms with E-state index in [0.29, 0.717) is 12.2 Å². The first-order chi connectivity index (χ1) is 12.4. The number of hydrogen-bond donors (Lipinski definition) is 2. The molecule has 0 spiro atoms. The molecular weight excluding hydrogens is 352 g/mol. The summed E-state index contributed by atoms with van der Waals surface area (Å²) in [6.45, 7) is 2.76. The first-order valence-corrected chi connectivity index (χ1v) is 9.64. The van der Waals surface area contributed by atoms with Crippen LogP contribution in [-0.2, 0) is 21.4 Å². The molecule has 1 amide bonds. The van der Waals surface area contributed by atoms with Crippen LogP contribution in [0.3, 0.4) is 0 Å². The van der Waals surface area contributed by atoms with E-state index < -0.39 is 10.0 Å². The fourth-order valence-electron chi connectivity index (χ4n) is 2.20. The Morgan fingerprint density at radius 2 is 1.88 bits per heavy atom. The summed E-state index contributed by atoms with van der Waals surface area (Å²) in [5.41, 5.74) is 1.58. The Morgan fingerprint density at radius 1 is 1.15 bits per heavy atom. The van der Waals surface area contributed by atoms with E-state index in [1.54, 1.807) is 18.2 Å². The van der Waals surface area contributed by atoms with Crippen LogP contribution in [-0.4, -0.2) is 28.0 Å². The van der Waals surface area contributed by atoms with Gasteiger partial charge in [-0.3, -0.25) is 4.79 Å². The van der Waals surface area contributed by atoms with Crippen LogP contribution in [0.5, 0.6) is 5.75 Å². The van der Waals surface area contributed by atoms with E-state index in [1.165, 1.54) is 25.3 Å². The molecule has 0 radical (unpaired) electrons. The van der Waals surface area contributed by atoms with Crippen LogP contribution in [0.15, 0.2) is 59.5 Å². The molecule has 26 heavy (non-hydrogen) atoms. The van der Waals surface area contributed by atoms with E-state index >= 15 is 0 Å². The second-order valence-corrected chi connectivity index (χ2v) is 7.29. The summed E-state index contributed by atoms with van der Waals surface area (Å²) in [6, 6.07) is 13.8. The van der Waals surface area contributed by atoms with Crippen molar-refractivity contribution in [2.75, 3.05) is 13.7 Å². The molecule has 2 aromatic carbocycles. The summed E-state index contributed by atoms with van der Waals surface area (Å²) >= 11 is 0. The van der Waals surface area contributed by atoms with E-state index in [9.17, 15) is 13.2 Å². The van der Waals surface area contributed by atoms with Crippen molar-refractivity contribution in [3.05, 3.63) is 65.7 Å². The molecule has 0 atom stereocenters. The lowest BCUT2D eigenvalue weighted by atomic mass is 10.2. The molecule has 0 aliphatic rings. The zero-order valence-corrected chi connectivity index (χ0v) is 15.5. The Labute approximate surface area is 153 Å². The number of sulfonamides is 1. The molecule has 0 aliphatic heterocycles. The molecule has 138 valence electrons. The van der Waals surface area contributed by atoms with Gasteiger partial charge in [-0.05, 0) is 55.4 Å². The van der Waals surface area contributed by atoms with Crippen LogP contribution in [0.1, 0.15) is 18.1 Å². The van der Waals surface area contributed by atoms with Crippen molar-refractivity contribution in [2.24, 2.45) is 0 Å². The Hall–Kier alpha value is -2.64. The Bertz CT molecular complexity index is 875. The molecule has 0 saturated carbocycles. The molecule has 6 nitrogen and oxygen atoms in total. The Balaban J connectivity index is 1.93. The highest BCUT2D eigenvalue weighted by Gasteiger charge is 2.11. The van der Waals surface area contributed by atoms with Gasteiger partial charge in [-0.25, -0.2) is 13.1 Å². The number of nitrogens with one attached hydrogen (secondary N) is 2. The SMILES string of the molecule is CCOc1ccc(/C=C/C(=O)NCc2cccc(S(=O)(=O)NC)c2)cc1. The summed E-state index contributed by atoms with van der Waals surface area (Å²) in [7, 11) is -2.14. The lowest BCUT2D eigenvalue weighted by Gasteiger charge is -2.06. The van der Waals surface area contributed by atoms with Gasteiger partial charge in [0.15, 0.2) is 0 Å². The summed E-state index contributed by atoms with van der Waals surface area (Å²) in [4.78, 5) is 12.1. The molecule has 0 aliphatic carbocycles. The van der Waals surface area contributed by atoms with Gasteiger partial charge in [-0.15, -0.1) is 0 Å². The van der Waals surface area contributed by atoms with Gasteiger partial charge >= 0.3 is 0 Å². The Kier molecular flexibility index (Phi) is 6.94. The van der Waals surface area contributed by atoms with Crippen LogP contribution in [0.25, 0.3) is 6.08 Å². The van der Waals surface area contributed by atoms with Crippen molar-refractivity contribution < 1.29 is 17.9 Å². The largest absolute Gasteiger partial charge is 0.494 e. The first-order valence-electron chi connectivity index (χ1n) is 8.16. The second-order valence-electron chi connectivity index (χ2n) is 5.41. The van der Waals surface area contributed by atoms with E-state index in [2.05, 4.69) is 10.0 Å². The maximum absolute atomic E-state index is 11.9. The third-order valence-electron chi connectivity index (χ3n) is 3.56. The van der Waals surface area contributed by atoms with Crippen molar-refractivity contribution in [3.63, 3.8) is 0 Å². The lowest BCUT2D eigenvalue weighted by molar-refractivity contribution is -0.116. The van der Waals surface area contributed by atoms with E-state index in [1.807, 2.05) is 31.2 Å². The predicted octanol–water partition coefficient (Wildman–Crippen LogP) is 2.32. The van der Waals surface area contributed by atoms with Gasteiger partial charge in [-0.2, -0.15) is 0 Å². The lowest BCUT2D eigenvalue weighted by Crippen LogP contribution is -2.21. The summed E-state index contributed by atoms with van der Waals surface area (Å²) < 4.78 is 31.2. The van der Waals surface area contributed by atoms with Crippen molar-refractivity contribution >= 4 is 22.0 Å². The molecule has 0 fully saturated rings. The smallest absolute Gasteiger partial charge is 0.244 e. The van der Waals surface area contributed by atoms with Crippen LogP contribution in [0.2, 0.25) is 0 Å². The number of carbonyl (C=O) groups excluding carboxylic acids is 1. The van der Waals surface area contributed by atoms with Gasteiger partial charge in [0, 0.05) is 12.6 Å². The number of hydrogen-bond acceptors (Lipinski definition) is 4. The number of amides is 1. The van der Waals surface area contributed by atoms with Crippen LogP contribution < -0.4 is 14.8 Å². The molecule has 0 saturated heterocycles. The number of rotatable bonds is 8. The maximum Gasteiger partial charge on any atom is 0.244 e. The minimum Gasteiger partial charge on any atom is -0.494 e. The minimum atomic E-state index is -3.50. The van der Waals surface area contributed by atoms with E-state index in [-0.39, 0.29) is 17.3 Å². The first kappa shape index (κ1) is 19.7. The standard InChI is InChI=1S/C19H22N2O4S/c1-3-25-17-10-7-15(8-11-17)9-12-19(22)21-14-16-5-4-6-18(13-16)26(23,24)20-2/h4-13,20H,3,14H2,1-2H3,(H,21,22)/b12-9+. The van der Waals surface area contributed by atoms with E-state index in [4.69, 9.17) is 4.74 Å². The maximum atomic E-state index is 11.9. The molecule has 0 unspecified atom stereocenters. The average molecular weight is 374 g/mol. The normalized spacial score (nSPS) is 11.5. The zero-order chi connectivity index (χ0) is 19.0. The van der Waals surface area contributed by atoms with Gasteiger partial charge in [0.1, 0.15) is 5.75 Å². The second kappa shape index (κ2) is 9.17. The highest BCUT2D eigenvalue weighted by atomic mass is 32.2. The van der Waals surface area contributed by atoms with Gasteiger partial charge in [0.05, 0.1) is 11.5 Å². The number of benzene rings is 2. The fraction of sp³-hybridized carbons (Fsp3) is 0.211. The highest BCUT2D eigenvalue weighted by Crippen LogP contribution is 2.13. The summed E-state index contributed by atoms with van der Waals surface area (Å²) in [5, 5.41) is 2.73. The molecule has 2 rings (SSSR count). The van der Waals surface area contributed by atoms with E-state index in [0.717, 1.165) is 11.3 Å². The van der Waals surface area contributed by atoms with Crippen LogP contribution in [0.4, 0.5) is 0 Å². The molecule has 0 bridgehead atoms. The highest BCUT2D eigenvalue weighted by molar-refractivity contribution is 7.89. The third-order valence-corrected chi connectivity index (χ3v) is 4.97. The third kappa shape index (κ3) is 5.72. The summed E-state index contributed by atoms with van der Waals surface area (Å²) in [6.07, 6.45) is 3.14. The van der Waals surface area contributed by atoms with Gasteiger partial charge in [0.25, 0.3) is 0 Å². The molecule has 7 heteroatoms. The average Bonchev–Trinajstić information content (AvgIpc) is 2.66. The number of carbonyl (C=O) groups is 1. The molecule has 0 aromatic heterocycles. The van der Waals surface area contributed by atoms with Crippen molar-refractivity contribution in [1.29, 1.82) is 0 Å². The van der Waals surface area contributed by atoms with Crippen LogP contribution in [0, 0.1) is 0 Å². The van der Waals surface area contributed by atoms with Crippen molar-refractivity contribution in [1.82, 2.24) is 10.0 Å². The molecule has 2 N–H and O–H groups in total. The van der Waals surface area contributed by atoms with Crippen LogP contribution >= 0.6 is 0 Å². The van der Waals surface area contributed by atoms with Crippen molar-refractivity contribution in [3.8, 4) is 5.75 Å². The van der Waals surface area contributed by atoms with Crippen molar-refractivity contribution in [2.45, 2.75) is 18.4 Å². The molecular formula is C19H22N2O4S. The fourth-order valence-corrected chi connectivity index (χ4v) is 3.00. The zero-order valence-electron chi connectivity index (χ0n) is 14.7. The monoisotopic (exact) mass is 374 g/mol. The van der Waals surface area contributed by atoms with Gasteiger partial charge in [0.2, 0.25) is 15.9 Å². The number of ether oxygens (including phenoxy) is 1. The molecule has 2 aromatic rings. The minimum absolute atomic E-state index is 0.164.